The molecule has 0 spiro atoms. The van der Waals surface area contributed by atoms with E-state index in [1.807, 2.05) is 6.07 Å². The molecule has 0 unspecified atom stereocenters. The van der Waals surface area contributed by atoms with Gasteiger partial charge in [0.2, 0.25) is 5.91 Å². The quantitative estimate of drug-likeness (QED) is 0.565. The predicted octanol–water partition coefficient (Wildman–Crippen LogP) is 0.180. The van der Waals surface area contributed by atoms with Gasteiger partial charge in [0.15, 0.2) is 0 Å². The van der Waals surface area contributed by atoms with Crippen molar-refractivity contribution in [3.63, 3.8) is 0 Å². The second kappa shape index (κ2) is 10.1. The summed E-state index contributed by atoms with van der Waals surface area (Å²) in [6.07, 6.45) is -1.25. The molecule has 0 saturated carbocycles. The molecule has 0 aliphatic carbocycles. The van der Waals surface area contributed by atoms with E-state index in [0.29, 0.717) is 5.56 Å². The number of methoxy groups -OCH3 is 1. The van der Waals surface area contributed by atoms with Crippen LogP contribution in [0.25, 0.3) is 0 Å². The number of hydrogen-bond acceptors (Lipinski definition) is 3. The van der Waals surface area contributed by atoms with Gasteiger partial charge in [0.05, 0.1) is 7.11 Å². The van der Waals surface area contributed by atoms with Gasteiger partial charge in [-0.25, -0.2) is 4.79 Å². The van der Waals surface area contributed by atoms with Gasteiger partial charge in [-0.05, 0) is 12.1 Å². The Labute approximate surface area is 128 Å². The number of amides is 1. The number of benzene rings is 1. The molecule has 0 bridgehead atoms. The van der Waals surface area contributed by atoms with Gasteiger partial charge >= 0.3 is 55.0 Å². The van der Waals surface area contributed by atoms with Crippen molar-refractivity contribution in [3.8, 4) is 0 Å². The third-order valence-electron chi connectivity index (χ3n) is 1.23. The van der Waals surface area contributed by atoms with Gasteiger partial charge in [0.25, 0.3) is 0 Å². The van der Waals surface area contributed by atoms with Crippen LogP contribution in [-0.4, -0.2) is 73.2 Å². The molecule has 1 aromatic rings. The van der Waals surface area contributed by atoms with E-state index in [1.54, 1.807) is 24.3 Å². The normalized spacial score (nSPS) is 7.53. The van der Waals surface area contributed by atoms with Crippen molar-refractivity contribution in [3.05, 3.63) is 35.9 Å². The summed E-state index contributed by atoms with van der Waals surface area (Å²) >= 11 is 0. The zero-order valence-corrected chi connectivity index (χ0v) is 7.64. The number of rotatable bonds is 1. The fraction of sp³-hybridized carbons (Fsp3) is 0.111. The molecular weight excluding hydrogens is 323 g/mol. The third-order valence-corrected chi connectivity index (χ3v) is 1.23. The molecule has 1 rings (SSSR count). The van der Waals surface area contributed by atoms with Crippen molar-refractivity contribution in [2.24, 2.45) is 5.73 Å². The second-order valence-corrected chi connectivity index (χ2v) is 2.20. The van der Waals surface area contributed by atoms with Crippen molar-refractivity contribution in [1.29, 1.82) is 0 Å². The molecule has 0 aromatic heterocycles. The van der Waals surface area contributed by atoms with Crippen molar-refractivity contribution in [2.75, 3.05) is 7.11 Å². The molecule has 0 radical (unpaired) electrons. The van der Waals surface area contributed by atoms with Gasteiger partial charge < -0.3 is 15.6 Å². The Hall–Kier alpha value is -0.469. The van der Waals surface area contributed by atoms with Crippen molar-refractivity contribution < 1.29 is 19.4 Å². The maximum atomic E-state index is 10.4. The molecule has 0 atom stereocenters. The molecule has 1 amide bonds. The first-order valence-electron chi connectivity index (χ1n) is 3.69. The van der Waals surface area contributed by atoms with Crippen LogP contribution in [0.5, 0.6) is 0 Å². The minimum absolute atomic E-state index is 0. The summed E-state index contributed by atoms with van der Waals surface area (Å²) in [5.74, 6) is -0.379. The molecular formula is C9H13BaNO4. The van der Waals surface area contributed by atoms with E-state index in [9.17, 15) is 4.79 Å². The Morgan fingerprint density at radius 2 is 1.67 bits per heavy atom. The molecule has 0 aliphatic heterocycles. The zero-order valence-electron chi connectivity index (χ0n) is 7.64. The second-order valence-electron chi connectivity index (χ2n) is 2.20. The maximum absolute atomic E-state index is 10.4. The number of carboxylic acid groups (broad SMARTS) is 1. The first kappa shape index (κ1) is 16.9. The molecule has 80 valence electrons. The molecule has 5 nitrogen and oxygen atoms in total. The van der Waals surface area contributed by atoms with E-state index >= 15 is 0 Å². The summed E-state index contributed by atoms with van der Waals surface area (Å²) in [4.78, 5) is 19.6. The number of primary amides is 1. The van der Waals surface area contributed by atoms with Crippen molar-refractivity contribution >= 4 is 60.9 Å². The summed E-state index contributed by atoms with van der Waals surface area (Å²) in [5, 5.41) is 7.50. The van der Waals surface area contributed by atoms with Crippen LogP contribution in [0.3, 0.4) is 0 Å². The number of nitrogens with two attached hydrogens (primary N) is 1. The summed E-state index contributed by atoms with van der Waals surface area (Å²) < 4.78 is 3.67. The van der Waals surface area contributed by atoms with Gasteiger partial charge in [0, 0.05) is 5.56 Å². The van der Waals surface area contributed by atoms with Crippen LogP contribution in [0, 0.1) is 0 Å². The van der Waals surface area contributed by atoms with Crippen LogP contribution in [0.15, 0.2) is 30.3 Å². The van der Waals surface area contributed by atoms with Gasteiger partial charge in [-0.1, -0.05) is 18.2 Å². The molecule has 15 heavy (non-hydrogen) atoms. The van der Waals surface area contributed by atoms with Crippen LogP contribution in [0.1, 0.15) is 10.4 Å². The van der Waals surface area contributed by atoms with Crippen LogP contribution in [-0.2, 0) is 4.74 Å². The van der Waals surface area contributed by atoms with Crippen molar-refractivity contribution in [1.82, 2.24) is 0 Å². The van der Waals surface area contributed by atoms with E-state index in [1.165, 1.54) is 0 Å². The SMILES string of the molecule is COC(=O)O.NC(=O)c1ccccc1.[BaH2]. The van der Waals surface area contributed by atoms with Crippen LogP contribution in [0.4, 0.5) is 4.79 Å². The summed E-state index contributed by atoms with van der Waals surface area (Å²) in [7, 11) is 1.10. The summed E-state index contributed by atoms with van der Waals surface area (Å²) in [6, 6.07) is 8.76. The topological polar surface area (TPSA) is 89.6 Å². The molecule has 0 fully saturated rings. The molecule has 0 saturated heterocycles. The summed E-state index contributed by atoms with van der Waals surface area (Å²) in [5.41, 5.74) is 5.53. The van der Waals surface area contributed by atoms with E-state index in [-0.39, 0.29) is 54.8 Å². The average molecular weight is 337 g/mol. The fourth-order valence-corrected chi connectivity index (χ4v) is 0.602. The molecule has 1 aromatic carbocycles. The Kier molecular flexibility index (Phi) is 11.4. The Balaban J connectivity index is 0. The number of carbonyl (C=O) groups is 2. The molecule has 3 N–H and O–H groups in total. The third kappa shape index (κ3) is 9.83. The first-order valence-corrected chi connectivity index (χ1v) is 3.69. The van der Waals surface area contributed by atoms with E-state index in [2.05, 4.69) is 4.74 Å². The number of hydrogen-bond donors (Lipinski definition) is 2. The minimum atomic E-state index is -1.25. The number of carbonyl (C=O) groups excluding carboxylic acids is 1. The van der Waals surface area contributed by atoms with Crippen molar-refractivity contribution in [2.45, 2.75) is 0 Å². The predicted molar refractivity (Wildman–Crippen MR) is 58.5 cm³/mol. The number of ether oxygens (including phenoxy) is 1. The van der Waals surface area contributed by atoms with Crippen LogP contribution in [0.2, 0.25) is 0 Å². The molecule has 6 heteroatoms. The Bertz CT molecular complexity index is 302. The Morgan fingerprint density at radius 3 is 1.87 bits per heavy atom. The average Bonchev–Trinajstić information content (AvgIpc) is 2.20. The molecule has 0 heterocycles. The standard InChI is InChI=1S/C7H7NO.C2H4O3.Ba.2H/c8-7(9)6-4-2-1-3-5-6;1-5-2(3)4;;;/h1-5H,(H2,8,9);1H3,(H,3,4);;;. The van der Waals surface area contributed by atoms with E-state index < -0.39 is 6.16 Å². The molecule has 0 aliphatic rings. The first-order chi connectivity index (χ1) is 6.57. The van der Waals surface area contributed by atoms with Gasteiger partial charge in [-0.2, -0.15) is 0 Å². The fourth-order valence-electron chi connectivity index (χ4n) is 0.602. The van der Waals surface area contributed by atoms with Gasteiger partial charge in [-0.15, -0.1) is 0 Å². The van der Waals surface area contributed by atoms with Crippen LogP contribution >= 0.6 is 0 Å². The summed E-state index contributed by atoms with van der Waals surface area (Å²) in [6.45, 7) is 0. The van der Waals surface area contributed by atoms with E-state index in [0.717, 1.165) is 7.11 Å². The van der Waals surface area contributed by atoms with E-state index in [4.69, 9.17) is 15.6 Å². The van der Waals surface area contributed by atoms with Crippen LogP contribution < -0.4 is 5.73 Å². The van der Waals surface area contributed by atoms with Gasteiger partial charge in [-0.3, -0.25) is 4.79 Å². The monoisotopic (exact) mass is 337 g/mol. The Morgan fingerprint density at radius 1 is 1.27 bits per heavy atom. The van der Waals surface area contributed by atoms with Gasteiger partial charge in [0.1, 0.15) is 0 Å². The zero-order chi connectivity index (χ0) is 11.0.